The standard InChI is InChI=1S/C33H47N3O6S/c1-10-36(29(38)26(20-43)35-31(40)42-33(7,8)9)27(24-18-14-15-21(2)22(24)3)28(37)34-25(30(39)41-32(4,5)6)19-23-16-12-11-13-17-23/h11-18,25-27,43H,10,19-20H2,1-9H3,(H,34,37)(H,35,40). The Morgan fingerprint density at radius 2 is 1.44 bits per heavy atom. The lowest BCUT2D eigenvalue weighted by Crippen LogP contribution is -2.55. The van der Waals surface area contributed by atoms with E-state index in [4.69, 9.17) is 9.47 Å². The zero-order valence-corrected chi connectivity index (χ0v) is 27.7. The summed E-state index contributed by atoms with van der Waals surface area (Å²) in [5, 5.41) is 5.48. The first-order chi connectivity index (χ1) is 20.0. The van der Waals surface area contributed by atoms with Gasteiger partial charge in [0.05, 0.1) is 0 Å². The molecule has 0 bridgehead atoms. The Morgan fingerprint density at radius 1 is 0.837 bits per heavy atom. The van der Waals surface area contributed by atoms with Gasteiger partial charge < -0.3 is 25.0 Å². The first-order valence-electron chi connectivity index (χ1n) is 14.5. The summed E-state index contributed by atoms with van der Waals surface area (Å²) >= 11 is 4.32. The molecule has 0 fully saturated rings. The van der Waals surface area contributed by atoms with Crippen LogP contribution in [0.15, 0.2) is 48.5 Å². The van der Waals surface area contributed by atoms with Crippen LogP contribution >= 0.6 is 12.6 Å². The van der Waals surface area contributed by atoms with Gasteiger partial charge >= 0.3 is 12.1 Å². The number of likely N-dealkylation sites (N-methyl/N-ethyl adjacent to an activating group) is 1. The maximum Gasteiger partial charge on any atom is 0.408 e. The number of carbonyl (C=O) groups is 4. The Balaban J connectivity index is 2.53. The third-order valence-electron chi connectivity index (χ3n) is 6.59. The van der Waals surface area contributed by atoms with Crippen molar-refractivity contribution in [2.75, 3.05) is 12.3 Å². The number of nitrogens with zero attached hydrogens (tertiary/aromatic N) is 1. The average Bonchev–Trinajstić information content (AvgIpc) is 2.90. The molecule has 3 amide bonds. The van der Waals surface area contributed by atoms with E-state index >= 15 is 0 Å². The van der Waals surface area contributed by atoms with Gasteiger partial charge in [0.1, 0.15) is 29.3 Å². The van der Waals surface area contributed by atoms with Crippen molar-refractivity contribution in [3.8, 4) is 0 Å². The van der Waals surface area contributed by atoms with E-state index in [1.807, 2.05) is 56.3 Å². The second-order valence-corrected chi connectivity index (χ2v) is 12.8. The van der Waals surface area contributed by atoms with E-state index in [0.29, 0.717) is 5.56 Å². The smallest absolute Gasteiger partial charge is 0.408 e. The summed E-state index contributed by atoms with van der Waals surface area (Å²) in [7, 11) is 0. The van der Waals surface area contributed by atoms with Crippen LogP contribution in [0.4, 0.5) is 4.79 Å². The average molecular weight is 614 g/mol. The Kier molecular flexibility index (Phi) is 12.7. The van der Waals surface area contributed by atoms with Gasteiger partial charge in [-0.2, -0.15) is 12.6 Å². The number of aryl methyl sites for hydroxylation is 1. The van der Waals surface area contributed by atoms with Crippen LogP contribution in [0, 0.1) is 13.8 Å². The Morgan fingerprint density at radius 3 is 1.98 bits per heavy atom. The summed E-state index contributed by atoms with van der Waals surface area (Å²) in [5.41, 5.74) is 1.65. The quantitative estimate of drug-likeness (QED) is 0.241. The number of benzene rings is 2. The van der Waals surface area contributed by atoms with Crippen LogP contribution in [0.5, 0.6) is 0 Å². The fraction of sp³-hybridized carbons (Fsp3) is 0.515. The third kappa shape index (κ3) is 10.9. The molecule has 0 saturated heterocycles. The van der Waals surface area contributed by atoms with Crippen molar-refractivity contribution in [3.05, 3.63) is 70.8 Å². The Labute approximate surface area is 261 Å². The molecule has 9 nitrogen and oxygen atoms in total. The Bertz CT molecular complexity index is 1270. The zero-order chi connectivity index (χ0) is 32.5. The zero-order valence-electron chi connectivity index (χ0n) is 26.8. The van der Waals surface area contributed by atoms with Crippen molar-refractivity contribution in [3.63, 3.8) is 0 Å². The van der Waals surface area contributed by atoms with Gasteiger partial charge in [0.2, 0.25) is 11.8 Å². The van der Waals surface area contributed by atoms with E-state index in [2.05, 4.69) is 23.3 Å². The summed E-state index contributed by atoms with van der Waals surface area (Å²) in [6, 6.07) is 11.7. The molecule has 10 heteroatoms. The minimum atomic E-state index is -1.11. The third-order valence-corrected chi connectivity index (χ3v) is 6.95. The number of hydrogen-bond donors (Lipinski definition) is 3. The molecule has 0 aromatic heterocycles. The van der Waals surface area contributed by atoms with E-state index in [-0.39, 0.29) is 18.7 Å². The van der Waals surface area contributed by atoms with Crippen LogP contribution in [-0.4, -0.2) is 64.4 Å². The second-order valence-electron chi connectivity index (χ2n) is 12.5. The number of carbonyl (C=O) groups excluding carboxylic acids is 4. The predicted molar refractivity (Wildman–Crippen MR) is 171 cm³/mol. The van der Waals surface area contributed by atoms with Crippen LogP contribution < -0.4 is 10.6 Å². The highest BCUT2D eigenvalue weighted by Crippen LogP contribution is 2.28. The normalized spacial score (nSPS) is 13.7. The van der Waals surface area contributed by atoms with Gasteiger partial charge in [-0.1, -0.05) is 48.5 Å². The van der Waals surface area contributed by atoms with Crippen molar-refractivity contribution in [2.45, 2.75) is 98.1 Å². The van der Waals surface area contributed by atoms with Gasteiger partial charge in [0.15, 0.2) is 0 Å². The minimum Gasteiger partial charge on any atom is -0.458 e. The molecule has 3 unspecified atom stereocenters. The van der Waals surface area contributed by atoms with Crippen molar-refractivity contribution in [1.29, 1.82) is 0 Å². The number of esters is 1. The van der Waals surface area contributed by atoms with E-state index in [1.165, 1.54) is 4.90 Å². The van der Waals surface area contributed by atoms with Crippen molar-refractivity contribution >= 4 is 36.5 Å². The number of nitrogens with one attached hydrogen (secondary N) is 2. The highest BCUT2D eigenvalue weighted by atomic mass is 32.1. The van der Waals surface area contributed by atoms with Gasteiger partial charge in [0.25, 0.3) is 0 Å². The van der Waals surface area contributed by atoms with Crippen molar-refractivity contribution < 1.29 is 28.7 Å². The molecule has 43 heavy (non-hydrogen) atoms. The molecule has 0 aliphatic heterocycles. The van der Waals surface area contributed by atoms with E-state index in [9.17, 15) is 19.2 Å². The summed E-state index contributed by atoms with van der Waals surface area (Å²) in [6.45, 7) is 16.1. The lowest BCUT2D eigenvalue weighted by molar-refractivity contribution is -0.159. The lowest BCUT2D eigenvalue weighted by Gasteiger charge is -2.35. The minimum absolute atomic E-state index is 0.0236. The number of ether oxygens (including phenoxy) is 2. The summed E-state index contributed by atoms with van der Waals surface area (Å²) in [6.07, 6.45) is -0.572. The van der Waals surface area contributed by atoms with Crippen molar-refractivity contribution in [1.82, 2.24) is 15.5 Å². The van der Waals surface area contributed by atoms with Crippen LogP contribution in [-0.2, 0) is 30.3 Å². The number of thiol groups is 1. The number of alkyl carbamates (subject to hydrolysis) is 1. The van der Waals surface area contributed by atoms with Crippen LogP contribution in [0.1, 0.15) is 76.8 Å². The van der Waals surface area contributed by atoms with Gasteiger partial charge in [0, 0.05) is 18.7 Å². The maximum absolute atomic E-state index is 14.3. The molecule has 0 saturated carbocycles. The largest absolute Gasteiger partial charge is 0.458 e. The number of amides is 3. The summed E-state index contributed by atoms with van der Waals surface area (Å²) in [4.78, 5) is 55.5. The monoisotopic (exact) mass is 613 g/mol. The molecular formula is C33H47N3O6S. The first-order valence-corrected chi connectivity index (χ1v) is 15.1. The van der Waals surface area contributed by atoms with Crippen LogP contribution in [0.2, 0.25) is 0 Å². The fourth-order valence-electron chi connectivity index (χ4n) is 4.49. The predicted octanol–water partition coefficient (Wildman–Crippen LogP) is 5.09. The molecule has 0 heterocycles. The number of rotatable bonds is 11. The molecule has 0 aliphatic rings. The molecule has 2 rings (SSSR count). The lowest BCUT2D eigenvalue weighted by atomic mass is 9.94. The molecular weight excluding hydrogens is 566 g/mol. The second kappa shape index (κ2) is 15.3. The van der Waals surface area contributed by atoms with Gasteiger partial charge in [-0.25, -0.2) is 9.59 Å². The fourth-order valence-corrected chi connectivity index (χ4v) is 4.74. The molecule has 0 aliphatic carbocycles. The molecule has 3 atom stereocenters. The highest BCUT2D eigenvalue weighted by Gasteiger charge is 2.38. The first kappa shape index (κ1) is 35.7. The maximum atomic E-state index is 14.3. The van der Waals surface area contributed by atoms with Crippen LogP contribution in [0.3, 0.4) is 0 Å². The van der Waals surface area contributed by atoms with Crippen molar-refractivity contribution in [2.24, 2.45) is 0 Å². The Hall–Kier alpha value is -3.53. The van der Waals surface area contributed by atoms with E-state index < -0.39 is 53.2 Å². The van der Waals surface area contributed by atoms with Gasteiger partial charge in [-0.3, -0.25) is 9.59 Å². The molecule has 2 aromatic carbocycles. The molecule has 0 radical (unpaired) electrons. The van der Waals surface area contributed by atoms with Crippen LogP contribution in [0.25, 0.3) is 0 Å². The van der Waals surface area contributed by atoms with Gasteiger partial charge in [-0.05, 0) is 84.6 Å². The molecule has 236 valence electrons. The summed E-state index contributed by atoms with van der Waals surface area (Å²) in [5.74, 6) is -1.67. The van der Waals surface area contributed by atoms with Gasteiger partial charge in [-0.15, -0.1) is 0 Å². The molecule has 0 spiro atoms. The SMILES string of the molecule is CCN(C(=O)C(CS)NC(=O)OC(C)(C)C)C(C(=O)NC(Cc1ccccc1)C(=O)OC(C)(C)C)c1cccc(C)c1C. The molecule has 2 aromatic rings. The van der Waals surface area contributed by atoms with E-state index in [0.717, 1.165) is 16.7 Å². The number of hydrogen-bond acceptors (Lipinski definition) is 7. The highest BCUT2D eigenvalue weighted by molar-refractivity contribution is 7.80. The van der Waals surface area contributed by atoms with E-state index in [1.54, 1.807) is 54.5 Å². The molecule has 2 N–H and O–H groups in total. The summed E-state index contributed by atoms with van der Waals surface area (Å²) < 4.78 is 11.0. The topological polar surface area (TPSA) is 114 Å².